The van der Waals surface area contributed by atoms with Gasteiger partial charge in [-0.1, -0.05) is 0 Å². The van der Waals surface area contributed by atoms with E-state index in [1.165, 1.54) is 16.7 Å². The van der Waals surface area contributed by atoms with Crippen LogP contribution in [0.1, 0.15) is 0 Å². The summed E-state index contributed by atoms with van der Waals surface area (Å²) in [6.45, 7) is 0. The zero-order valence-corrected chi connectivity index (χ0v) is 9.47. The van der Waals surface area contributed by atoms with Crippen molar-refractivity contribution in [2.75, 3.05) is 13.4 Å². The lowest BCUT2D eigenvalue weighted by atomic mass is 10.2. The summed E-state index contributed by atoms with van der Waals surface area (Å²) >= 11 is 2.93. The van der Waals surface area contributed by atoms with Crippen LogP contribution in [0.4, 0.5) is 4.39 Å². The molecule has 0 aliphatic heterocycles. The molecule has 0 unspecified atom stereocenters. The lowest BCUT2D eigenvalue weighted by Gasteiger charge is -2.04. The van der Waals surface area contributed by atoms with Gasteiger partial charge in [-0.25, -0.2) is 4.39 Å². The Kier molecular flexibility index (Phi) is 2.65. The molecule has 0 saturated heterocycles. The van der Waals surface area contributed by atoms with Gasteiger partial charge >= 0.3 is 0 Å². The standard InChI is InChI=1S/C10H9FOS2/c1-12-7-3-4-8(13-2)9-6(11)5-14-10(7)9/h3-5H,1-2H3. The minimum absolute atomic E-state index is 0.159. The summed E-state index contributed by atoms with van der Waals surface area (Å²) in [7, 11) is 1.60. The third-order valence-corrected chi connectivity index (χ3v) is 3.79. The van der Waals surface area contributed by atoms with Gasteiger partial charge in [-0.3, -0.25) is 0 Å². The monoisotopic (exact) mass is 228 g/mol. The van der Waals surface area contributed by atoms with Crippen molar-refractivity contribution in [2.24, 2.45) is 0 Å². The summed E-state index contributed by atoms with van der Waals surface area (Å²) < 4.78 is 19.5. The second-order valence-electron chi connectivity index (χ2n) is 2.76. The largest absolute Gasteiger partial charge is 0.495 e. The zero-order chi connectivity index (χ0) is 10.1. The van der Waals surface area contributed by atoms with Gasteiger partial charge in [-0.2, -0.15) is 0 Å². The molecule has 14 heavy (non-hydrogen) atoms. The first-order valence-corrected chi connectivity index (χ1v) is 6.16. The highest BCUT2D eigenvalue weighted by Crippen LogP contribution is 2.38. The summed E-state index contributed by atoms with van der Waals surface area (Å²) in [6, 6.07) is 3.77. The van der Waals surface area contributed by atoms with E-state index in [1.54, 1.807) is 18.9 Å². The number of methoxy groups -OCH3 is 1. The molecule has 1 heterocycles. The molecular formula is C10H9FOS2. The maximum atomic E-state index is 13.5. The van der Waals surface area contributed by atoms with Crippen molar-refractivity contribution in [3.05, 3.63) is 23.3 Å². The van der Waals surface area contributed by atoms with Crippen LogP contribution in [0.2, 0.25) is 0 Å². The fraction of sp³-hybridized carbons (Fsp3) is 0.200. The Morgan fingerprint density at radius 1 is 1.43 bits per heavy atom. The highest BCUT2D eigenvalue weighted by molar-refractivity contribution is 7.98. The van der Waals surface area contributed by atoms with E-state index in [2.05, 4.69) is 0 Å². The third-order valence-electron chi connectivity index (χ3n) is 2.04. The first-order valence-electron chi connectivity index (χ1n) is 4.05. The predicted octanol–water partition coefficient (Wildman–Crippen LogP) is 3.77. The van der Waals surface area contributed by atoms with Gasteiger partial charge in [0.25, 0.3) is 0 Å². The van der Waals surface area contributed by atoms with Crippen LogP contribution in [-0.2, 0) is 0 Å². The number of hydrogen-bond acceptors (Lipinski definition) is 3. The first-order chi connectivity index (χ1) is 6.77. The predicted molar refractivity (Wildman–Crippen MR) is 60.1 cm³/mol. The van der Waals surface area contributed by atoms with Crippen LogP contribution < -0.4 is 4.74 Å². The van der Waals surface area contributed by atoms with Crippen molar-refractivity contribution in [1.82, 2.24) is 0 Å². The maximum absolute atomic E-state index is 13.5. The average molecular weight is 228 g/mol. The van der Waals surface area contributed by atoms with Gasteiger partial charge in [-0.05, 0) is 18.4 Å². The number of ether oxygens (including phenoxy) is 1. The van der Waals surface area contributed by atoms with E-state index >= 15 is 0 Å². The fourth-order valence-corrected chi connectivity index (χ4v) is 2.99. The van der Waals surface area contributed by atoms with Gasteiger partial charge in [0.15, 0.2) is 0 Å². The minimum atomic E-state index is -0.159. The Labute approximate surface area is 89.9 Å². The lowest BCUT2D eigenvalue weighted by Crippen LogP contribution is -1.84. The summed E-state index contributed by atoms with van der Waals surface area (Å²) in [5.74, 6) is 0.583. The van der Waals surface area contributed by atoms with Gasteiger partial charge < -0.3 is 4.74 Å². The van der Waals surface area contributed by atoms with Crippen molar-refractivity contribution in [2.45, 2.75) is 4.90 Å². The normalized spacial score (nSPS) is 10.8. The molecule has 2 aromatic rings. The molecule has 0 saturated carbocycles. The summed E-state index contributed by atoms with van der Waals surface area (Å²) in [5, 5.41) is 2.20. The topological polar surface area (TPSA) is 9.23 Å². The Bertz CT molecular complexity index is 464. The SMILES string of the molecule is COc1ccc(SC)c2c(F)csc12. The van der Waals surface area contributed by atoms with E-state index in [-0.39, 0.29) is 5.82 Å². The Balaban J connectivity index is 2.81. The molecule has 0 radical (unpaired) electrons. The van der Waals surface area contributed by atoms with Crippen molar-refractivity contribution in [3.63, 3.8) is 0 Å². The second-order valence-corrected chi connectivity index (χ2v) is 4.49. The Morgan fingerprint density at radius 3 is 2.86 bits per heavy atom. The number of halogens is 1. The molecule has 74 valence electrons. The average Bonchev–Trinajstić information content (AvgIpc) is 2.60. The van der Waals surface area contributed by atoms with Crippen LogP contribution in [0, 0.1) is 5.82 Å². The van der Waals surface area contributed by atoms with E-state index in [9.17, 15) is 4.39 Å². The Morgan fingerprint density at radius 2 is 2.21 bits per heavy atom. The van der Waals surface area contributed by atoms with Crippen LogP contribution in [0.3, 0.4) is 0 Å². The van der Waals surface area contributed by atoms with E-state index in [1.807, 2.05) is 18.4 Å². The molecule has 0 bridgehead atoms. The number of benzene rings is 1. The number of rotatable bonds is 2. The fourth-order valence-electron chi connectivity index (χ4n) is 1.39. The van der Waals surface area contributed by atoms with Crippen LogP contribution in [-0.4, -0.2) is 13.4 Å². The van der Waals surface area contributed by atoms with E-state index in [0.29, 0.717) is 5.39 Å². The van der Waals surface area contributed by atoms with Crippen molar-refractivity contribution < 1.29 is 9.13 Å². The van der Waals surface area contributed by atoms with Crippen molar-refractivity contribution in [1.29, 1.82) is 0 Å². The lowest BCUT2D eigenvalue weighted by molar-refractivity contribution is 0.420. The first kappa shape index (κ1) is 9.80. The van der Waals surface area contributed by atoms with E-state index < -0.39 is 0 Å². The molecule has 2 rings (SSSR count). The highest BCUT2D eigenvalue weighted by Gasteiger charge is 2.12. The number of thioether (sulfide) groups is 1. The van der Waals surface area contributed by atoms with Crippen LogP contribution in [0.25, 0.3) is 10.1 Å². The summed E-state index contributed by atoms with van der Waals surface area (Å²) in [5.41, 5.74) is 0. The molecule has 4 heteroatoms. The number of thiophene rings is 1. The van der Waals surface area contributed by atoms with E-state index in [4.69, 9.17) is 4.74 Å². The number of fused-ring (bicyclic) bond motifs is 1. The van der Waals surface area contributed by atoms with Crippen molar-refractivity contribution >= 4 is 33.2 Å². The maximum Gasteiger partial charge on any atom is 0.142 e. The Hall–Kier alpha value is -0.740. The van der Waals surface area contributed by atoms with Crippen LogP contribution in [0.15, 0.2) is 22.4 Å². The summed E-state index contributed by atoms with van der Waals surface area (Å²) in [6.07, 6.45) is 1.94. The molecule has 1 aromatic heterocycles. The zero-order valence-electron chi connectivity index (χ0n) is 7.83. The van der Waals surface area contributed by atoms with Gasteiger partial charge in [-0.15, -0.1) is 23.1 Å². The smallest absolute Gasteiger partial charge is 0.142 e. The van der Waals surface area contributed by atoms with E-state index in [0.717, 1.165) is 15.3 Å². The molecule has 0 fully saturated rings. The van der Waals surface area contributed by atoms with Gasteiger partial charge in [0.05, 0.1) is 11.8 Å². The second kappa shape index (κ2) is 3.79. The van der Waals surface area contributed by atoms with Gasteiger partial charge in [0, 0.05) is 15.7 Å². The third kappa shape index (κ3) is 1.38. The molecule has 0 amide bonds. The molecule has 0 N–H and O–H groups in total. The highest BCUT2D eigenvalue weighted by atomic mass is 32.2. The molecular weight excluding hydrogens is 219 g/mol. The van der Waals surface area contributed by atoms with Crippen molar-refractivity contribution in [3.8, 4) is 5.75 Å². The molecule has 1 nitrogen and oxygen atoms in total. The minimum Gasteiger partial charge on any atom is -0.495 e. The number of hydrogen-bond donors (Lipinski definition) is 0. The van der Waals surface area contributed by atoms with Crippen LogP contribution in [0.5, 0.6) is 5.75 Å². The van der Waals surface area contributed by atoms with Gasteiger partial charge in [0.1, 0.15) is 11.6 Å². The quantitative estimate of drug-likeness (QED) is 0.724. The van der Waals surface area contributed by atoms with Gasteiger partial charge in [0.2, 0.25) is 0 Å². The molecule has 0 aliphatic carbocycles. The molecule has 0 aliphatic rings. The molecule has 0 atom stereocenters. The molecule has 1 aromatic carbocycles. The summed E-state index contributed by atoms with van der Waals surface area (Å²) in [4.78, 5) is 0.958. The molecule has 0 spiro atoms. The van der Waals surface area contributed by atoms with Crippen LogP contribution >= 0.6 is 23.1 Å².